The van der Waals surface area contributed by atoms with Gasteiger partial charge in [-0.05, 0) is 61.4 Å². The number of hydrogen-bond donors (Lipinski definition) is 1. The number of nitrogens with zero attached hydrogens (tertiary/aromatic N) is 4. The lowest BCUT2D eigenvalue weighted by atomic mass is 10.0. The quantitative estimate of drug-likeness (QED) is 0.299. The molecule has 0 aromatic heterocycles. The van der Waals surface area contributed by atoms with E-state index in [1.807, 2.05) is 5.01 Å². The van der Waals surface area contributed by atoms with Crippen LogP contribution in [0.4, 0.5) is 22.7 Å². The maximum Gasteiger partial charge on any atom is 0.127 e. The van der Waals surface area contributed by atoms with E-state index in [1.54, 1.807) is 0 Å². The minimum Gasteiger partial charge on any atom is -0.378 e. The molecule has 0 atom stereocenters. The van der Waals surface area contributed by atoms with Gasteiger partial charge in [0.25, 0.3) is 0 Å². The van der Waals surface area contributed by atoms with Gasteiger partial charge in [-0.25, -0.2) is 5.01 Å². The van der Waals surface area contributed by atoms with Crippen LogP contribution in [0.25, 0.3) is 0 Å². The summed E-state index contributed by atoms with van der Waals surface area (Å²) in [5, 5.41) is 4.11. The molecule has 0 amide bonds. The molecule has 2 aromatic carbocycles. The van der Waals surface area contributed by atoms with Gasteiger partial charge >= 0.3 is 0 Å². The average Bonchev–Trinajstić information content (AvgIpc) is 2.82. The van der Waals surface area contributed by atoms with E-state index in [-0.39, 0.29) is 0 Å². The fourth-order valence-corrected chi connectivity index (χ4v) is 4.22. The first kappa shape index (κ1) is 25.1. The van der Waals surface area contributed by atoms with E-state index < -0.39 is 0 Å². The summed E-state index contributed by atoms with van der Waals surface area (Å²) in [6, 6.07) is 17.1. The van der Waals surface area contributed by atoms with Crippen LogP contribution in [0.3, 0.4) is 0 Å². The van der Waals surface area contributed by atoms with Gasteiger partial charge in [-0.2, -0.15) is 0 Å². The molecule has 178 valence electrons. The largest absolute Gasteiger partial charge is 0.378 e. The van der Waals surface area contributed by atoms with E-state index in [0.717, 1.165) is 29.2 Å². The van der Waals surface area contributed by atoms with Gasteiger partial charge < -0.3 is 9.80 Å². The molecule has 1 aliphatic heterocycles. The van der Waals surface area contributed by atoms with E-state index in [4.69, 9.17) is 12.2 Å². The van der Waals surface area contributed by atoms with Gasteiger partial charge in [-0.3, -0.25) is 5.01 Å². The minimum atomic E-state index is 0.849. The molecule has 2 aromatic rings. The second-order valence-electron chi connectivity index (χ2n) is 9.10. The van der Waals surface area contributed by atoms with Crippen LogP contribution in [0.5, 0.6) is 0 Å². The zero-order valence-electron chi connectivity index (χ0n) is 20.8. The summed E-state index contributed by atoms with van der Waals surface area (Å²) in [5.41, 5.74) is 9.17. The summed E-state index contributed by atoms with van der Waals surface area (Å²) in [4.78, 5) is 5.07. The topological polar surface area (TPSA) is 25.0 Å². The number of anilines is 4. The number of hydrazine groups is 2. The van der Waals surface area contributed by atoms with E-state index in [9.17, 15) is 0 Å². The molecule has 0 spiro atoms. The molecule has 1 heterocycles. The van der Waals surface area contributed by atoms with Crippen LogP contribution in [0.15, 0.2) is 60.3 Å². The van der Waals surface area contributed by atoms with Crippen LogP contribution in [0.2, 0.25) is 0 Å². The Kier molecular flexibility index (Phi) is 9.15. The second-order valence-corrected chi connectivity index (χ2v) is 9.49. The van der Waals surface area contributed by atoms with Gasteiger partial charge in [0.1, 0.15) is 4.99 Å². The highest BCUT2D eigenvalue weighted by atomic mass is 32.1. The summed E-state index contributed by atoms with van der Waals surface area (Å²) in [6.07, 6.45) is 10.8. The van der Waals surface area contributed by atoms with E-state index in [0.29, 0.717) is 0 Å². The molecule has 0 bridgehead atoms. The number of nitrogens with one attached hydrogen (secondary N) is 1. The van der Waals surface area contributed by atoms with Crippen molar-refractivity contribution in [2.24, 2.45) is 0 Å². The Labute approximate surface area is 205 Å². The van der Waals surface area contributed by atoms with Crippen LogP contribution >= 0.6 is 12.2 Å². The Hall–Kier alpha value is -2.57. The smallest absolute Gasteiger partial charge is 0.127 e. The summed E-state index contributed by atoms with van der Waals surface area (Å²) in [7, 11) is 8.23. The Balaban J connectivity index is 1.81. The van der Waals surface area contributed by atoms with Crippen LogP contribution in [0.1, 0.15) is 51.9 Å². The minimum absolute atomic E-state index is 0.849. The average molecular weight is 466 g/mol. The number of unbranched alkanes of at least 4 members (excludes halogenated alkanes) is 5. The van der Waals surface area contributed by atoms with Crippen molar-refractivity contribution in [1.82, 2.24) is 5.53 Å². The molecular weight excluding hydrogens is 426 g/mol. The zero-order valence-corrected chi connectivity index (χ0v) is 21.7. The maximum atomic E-state index is 5.94. The van der Waals surface area contributed by atoms with Crippen molar-refractivity contribution in [2.45, 2.75) is 51.9 Å². The van der Waals surface area contributed by atoms with Crippen molar-refractivity contribution in [2.75, 3.05) is 48.0 Å². The van der Waals surface area contributed by atoms with Crippen LogP contribution in [-0.4, -0.2) is 33.2 Å². The number of thiocarbonyl (C=S) groups is 1. The van der Waals surface area contributed by atoms with Crippen molar-refractivity contribution in [3.05, 3.63) is 60.3 Å². The zero-order chi connectivity index (χ0) is 23.8. The Morgan fingerprint density at radius 2 is 1.24 bits per heavy atom. The van der Waals surface area contributed by atoms with Gasteiger partial charge in [-0.15, -0.1) is 5.53 Å². The lowest BCUT2D eigenvalue weighted by Crippen LogP contribution is -2.54. The summed E-state index contributed by atoms with van der Waals surface area (Å²) >= 11 is 5.94. The van der Waals surface area contributed by atoms with Gasteiger partial charge in [0.05, 0.1) is 11.4 Å². The summed E-state index contributed by atoms with van der Waals surface area (Å²) in [5.74, 6) is 0. The fourth-order valence-electron chi connectivity index (χ4n) is 3.92. The first-order valence-electron chi connectivity index (χ1n) is 12.1. The number of hydrogen-bond acceptors (Lipinski definition) is 5. The van der Waals surface area contributed by atoms with Crippen molar-refractivity contribution in [1.29, 1.82) is 0 Å². The molecule has 1 aliphatic rings. The van der Waals surface area contributed by atoms with Gasteiger partial charge in [-0.1, -0.05) is 51.2 Å². The lowest BCUT2D eigenvalue weighted by Gasteiger charge is -2.38. The predicted molar refractivity (Wildman–Crippen MR) is 148 cm³/mol. The Morgan fingerprint density at radius 1 is 0.727 bits per heavy atom. The third kappa shape index (κ3) is 6.71. The Morgan fingerprint density at radius 3 is 1.79 bits per heavy atom. The van der Waals surface area contributed by atoms with Crippen molar-refractivity contribution in [3.8, 4) is 0 Å². The third-order valence-electron chi connectivity index (χ3n) is 6.04. The summed E-state index contributed by atoms with van der Waals surface area (Å²) in [6.45, 7) is 2.26. The van der Waals surface area contributed by atoms with E-state index >= 15 is 0 Å². The van der Waals surface area contributed by atoms with E-state index in [2.05, 4.69) is 110 Å². The first-order chi connectivity index (χ1) is 15.9. The molecular formula is C27H39N5S. The van der Waals surface area contributed by atoms with Crippen molar-refractivity contribution >= 4 is 40.0 Å². The highest BCUT2D eigenvalue weighted by Crippen LogP contribution is 2.28. The SMILES string of the molecule is CCCCCCCCC1=CN(c2ccc(N(C)C)cc2)NN(c2ccc(N(C)C)cc2)C1=S. The standard InChI is InChI=1S/C27H39N5S/c1-6-7-8-9-10-11-12-22-21-31(25-17-13-23(14-18-25)29(2)3)28-32(27(22)33)26-19-15-24(16-20-26)30(4)5/h13-21,28H,6-12H2,1-5H3. The lowest BCUT2D eigenvalue weighted by molar-refractivity contribution is 0.606. The molecule has 3 rings (SSSR count). The maximum absolute atomic E-state index is 5.94. The highest BCUT2D eigenvalue weighted by molar-refractivity contribution is 7.81. The van der Waals surface area contributed by atoms with Gasteiger partial charge in [0.2, 0.25) is 0 Å². The molecule has 33 heavy (non-hydrogen) atoms. The predicted octanol–water partition coefficient (Wildman–Crippen LogP) is 6.53. The monoisotopic (exact) mass is 465 g/mol. The number of benzene rings is 2. The van der Waals surface area contributed by atoms with Crippen LogP contribution < -0.4 is 25.4 Å². The highest BCUT2D eigenvalue weighted by Gasteiger charge is 2.24. The van der Waals surface area contributed by atoms with Crippen LogP contribution in [0, 0.1) is 0 Å². The van der Waals surface area contributed by atoms with Gasteiger partial charge in [0, 0.05) is 51.3 Å². The van der Waals surface area contributed by atoms with E-state index in [1.165, 1.54) is 49.1 Å². The van der Waals surface area contributed by atoms with Crippen molar-refractivity contribution in [3.63, 3.8) is 0 Å². The first-order valence-corrected chi connectivity index (χ1v) is 12.5. The molecule has 5 nitrogen and oxygen atoms in total. The third-order valence-corrected chi connectivity index (χ3v) is 6.48. The molecule has 0 fully saturated rings. The normalized spacial score (nSPS) is 13.8. The fraction of sp³-hybridized carbons (Fsp3) is 0.444. The molecule has 0 aliphatic carbocycles. The molecule has 6 heteroatoms. The molecule has 0 radical (unpaired) electrons. The molecule has 0 saturated heterocycles. The molecule has 0 unspecified atom stereocenters. The summed E-state index contributed by atoms with van der Waals surface area (Å²) < 4.78 is 0. The number of rotatable bonds is 11. The molecule has 1 N–H and O–H groups in total. The van der Waals surface area contributed by atoms with Gasteiger partial charge in [0.15, 0.2) is 0 Å². The second kappa shape index (κ2) is 12.1. The Bertz CT molecular complexity index is 919. The van der Waals surface area contributed by atoms with Crippen LogP contribution in [-0.2, 0) is 0 Å². The van der Waals surface area contributed by atoms with Crippen molar-refractivity contribution < 1.29 is 0 Å². The molecule has 0 saturated carbocycles.